The maximum Gasteiger partial charge on any atom is 0.306 e. The van der Waals surface area contributed by atoms with Crippen molar-refractivity contribution >= 4 is 14.3 Å². The van der Waals surface area contributed by atoms with Gasteiger partial charge in [0.15, 0.2) is 8.32 Å². The highest BCUT2D eigenvalue weighted by molar-refractivity contribution is 6.74. The number of hydrogen-bond acceptors (Lipinski definition) is 5. The summed E-state index contributed by atoms with van der Waals surface area (Å²) in [4.78, 5) is 14.6. The third-order valence-electron chi connectivity index (χ3n) is 9.89. The number of esters is 1. The summed E-state index contributed by atoms with van der Waals surface area (Å²) >= 11 is 0. The standard InChI is InChI=1S/C40H51N3O3Si/c1-7-45-38(44)24-23-32-29-41-43(30-32)28-25-33-31-42(27-26-37(33)46-47(5,6)39(2,3)4)40(34-17-11-8-12-18-34,35-19-13-9-14-20-35)36-21-15-10-16-22-36/h8-22,25,29-30,37H,7,23-24,26-28,31H2,1-6H3. The van der Waals surface area contributed by atoms with E-state index in [9.17, 15) is 4.79 Å². The Labute approximate surface area is 282 Å². The first-order valence-electron chi connectivity index (χ1n) is 17.0. The zero-order chi connectivity index (χ0) is 33.5. The van der Waals surface area contributed by atoms with Crippen LogP contribution in [0.25, 0.3) is 0 Å². The summed E-state index contributed by atoms with van der Waals surface area (Å²) in [6.07, 6.45) is 8.15. The summed E-state index contributed by atoms with van der Waals surface area (Å²) in [6.45, 7) is 16.1. The minimum Gasteiger partial charge on any atom is -0.466 e. The third kappa shape index (κ3) is 7.86. The maximum atomic E-state index is 11.9. The second-order valence-electron chi connectivity index (χ2n) is 14.0. The van der Waals surface area contributed by atoms with E-state index in [1.54, 1.807) is 0 Å². The molecule has 0 bridgehead atoms. The second kappa shape index (κ2) is 15.0. The van der Waals surface area contributed by atoms with E-state index in [0.717, 1.165) is 25.1 Å². The number of rotatable bonds is 12. The number of ether oxygens (including phenoxy) is 1. The zero-order valence-electron chi connectivity index (χ0n) is 29.0. The Morgan fingerprint density at radius 2 is 1.47 bits per heavy atom. The van der Waals surface area contributed by atoms with Gasteiger partial charge in [0, 0.05) is 25.7 Å². The van der Waals surface area contributed by atoms with E-state index in [2.05, 4.69) is 141 Å². The Morgan fingerprint density at radius 1 is 0.915 bits per heavy atom. The van der Waals surface area contributed by atoms with E-state index in [4.69, 9.17) is 9.16 Å². The normalized spacial score (nSPS) is 17.1. The molecule has 0 spiro atoms. The maximum absolute atomic E-state index is 11.9. The van der Waals surface area contributed by atoms with Crippen molar-refractivity contribution in [3.8, 4) is 0 Å². The van der Waals surface area contributed by atoms with Gasteiger partial charge in [-0.2, -0.15) is 5.10 Å². The average molecular weight is 650 g/mol. The highest BCUT2D eigenvalue weighted by atomic mass is 28.4. The highest BCUT2D eigenvalue weighted by Crippen LogP contribution is 2.45. The Balaban J connectivity index is 1.54. The fourth-order valence-electron chi connectivity index (χ4n) is 6.42. The summed E-state index contributed by atoms with van der Waals surface area (Å²) in [6, 6.07) is 32.8. The number of piperidine rings is 1. The molecule has 3 aromatic carbocycles. The number of hydrogen-bond donors (Lipinski definition) is 0. The average Bonchev–Trinajstić information content (AvgIpc) is 3.53. The number of aryl methyl sites for hydroxylation is 1. The van der Waals surface area contributed by atoms with Crippen molar-refractivity contribution in [3.05, 3.63) is 137 Å². The molecule has 47 heavy (non-hydrogen) atoms. The van der Waals surface area contributed by atoms with Crippen LogP contribution in [0, 0.1) is 0 Å². The van der Waals surface area contributed by atoms with Crippen LogP contribution in [0.2, 0.25) is 18.1 Å². The van der Waals surface area contributed by atoms with Crippen LogP contribution in [0.1, 0.15) is 62.8 Å². The van der Waals surface area contributed by atoms with Gasteiger partial charge in [0.05, 0.1) is 31.0 Å². The summed E-state index contributed by atoms with van der Waals surface area (Å²) in [5.41, 5.74) is 5.58. The van der Waals surface area contributed by atoms with Crippen LogP contribution in [0.4, 0.5) is 0 Å². The van der Waals surface area contributed by atoms with E-state index in [1.165, 1.54) is 22.3 Å². The molecular weight excluding hydrogens is 599 g/mol. The van der Waals surface area contributed by atoms with Gasteiger partial charge in [-0.25, -0.2) is 0 Å². The molecule has 7 heteroatoms. The van der Waals surface area contributed by atoms with Crippen molar-refractivity contribution < 1.29 is 14.0 Å². The van der Waals surface area contributed by atoms with Crippen LogP contribution in [0.15, 0.2) is 115 Å². The van der Waals surface area contributed by atoms with Gasteiger partial charge in [0.1, 0.15) is 0 Å². The number of nitrogens with zero attached hydrogens (tertiary/aromatic N) is 3. The molecule has 1 unspecified atom stereocenters. The van der Waals surface area contributed by atoms with E-state index in [1.807, 2.05) is 24.0 Å². The van der Waals surface area contributed by atoms with Crippen molar-refractivity contribution in [1.29, 1.82) is 0 Å². The second-order valence-corrected chi connectivity index (χ2v) is 18.8. The summed E-state index contributed by atoms with van der Waals surface area (Å²) < 4.78 is 14.3. The molecule has 4 aromatic rings. The monoisotopic (exact) mass is 649 g/mol. The molecule has 1 aliphatic heterocycles. The topological polar surface area (TPSA) is 56.6 Å². The Bertz CT molecular complexity index is 1510. The van der Waals surface area contributed by atoms with Crippen LogP contribution in [0.3, 0.4) is 0 Å². The molecular formula is C40H51N3O3Si. The highest BCUT2D eigenvalue weighted by Gasteiger charge is 2.46. The van der Waals surface area contributed by atoms with Gasteiger partial charge < -0.3 is 9.16 Å². The third-order valence-corrected chi connectivity index (χ3v) is 14.4. The van der Waals surface area contributed by atoms with E-state index >= 15 is 0 Å². The Kier molecular flexibility index (Phi) is 11.0. The first-order chi connectivity index (χ1) is 22.5. The van der Waals surface area contributed by atoms with Gasteiger partial charge in [0.25, 0.3) is 0 Å². The van der Waals surface area contributed by atoms with Crippen molar-refractivity contribution in [2.24, 2.45) is 0 Å². The lowest BCUT2D eigenvalue weighted by Gasteiger charge is -2.50. The molecule has 0 radical (unpaired) electrons. The van der Waals surface area contributed by atoms with Crippen LogP contribution < -0.4 is 0 Å². The van der Waals surface area contributed by atoms with Crippen LogP contribution in [-0.2, 0) is 32.5 Å². The van der Waals surface area contributed by atoms with Crippen molar-refractivity contribution in [3.63, 3.8) is 0 Å². The number of aromatic nitrogens is 2. The molecule has 1 atom stereocenters. The Morgan fingerprint density at radius 3 is 1.98 bits per heavy atom. The first kappa shape index (κ1) is 34.5. The first-order valence-corrected chi connectivity index (χ1v) is 19.9. The van der Waals surface area contributed by atoms with Gasteiger partial charge in [-0.05, 0) is 65.7 Å². The molecule has 0 N–H and O–H groups in total. The molecule has 248 valence electrons. The molecule has 5 rings (SSSR count). The van der Waals surface area contributed by atoms with Crippen LogP contribution in [0.5, 0.6) is 0 Å². The molecule has 6 nitrogen and oxygen atoms in total. The minimum absolute atomic E-state index is 0.0333. The lowest BCUT2D eigenvalue weighted by Crippen LogP contribution is -2.55. The van der Waals surface area contributed by atoms with Gasteiger partial charge in [-0.3, -0.25) is 14.4 Å². The van der Waals surface area contributed by atoms with Gasteiger partial charge in [-0.15, -0.1) is 0 Å². The van der Waals surface area contributed by atoms with Gasteiger partial charge >= 0.3 is 5.97 Å². The number of carbonyl (C=O) groups excluding carboxylic acids is 1. The number of benzene rings is 3. The molecule has 0 saturated carbocycles. The summed E-state index contributed by atoms with van der Waals surface area (Å²) in [7, 11) is -2.05. The predicted molar refractivity (Wildman–Crippen MR) is 193 cm³/mol. The fourth-order valence-corrected chi connectivity index (χ4v) is 7.75. The van der Waals surface area contributed by atoms with E-state index < -0.39 is 13.9 Å². The number of carbonyl (C=O) groups is 1. The van der Waals surface area contributed by atoms with E-state index in [0.29, 0.717) is 26.0 Å². The quantitative estimate of drug-likeness (QED) is 0.0668. The van der Waals surface area contributed by atoms with Crippen LogP contribution >= 0.6 is 0 Å². The smallest absolute Gasteiger partial charge is 0.306 e. The summed E-state index contributed by atoms with van der Waals surface area (Å²) in [5.74, 6) is -0.172. The molecule has 0 amide bonds. The SMILES string of the molecule is CCOC(=O)CCc1cnn(CC=C2CN(C(c3ccccc3)(c3ccccc3)c3ccccc3)CCC2O[Si](C)(C)C(C)(C)C)c1. The van der Waals surface area contributed by atoms with Gasteiger partial charge in [0.2, 0.25) is 0 Å². The van der Waals surface area contributed by atoms with E-state index in [-0.39, 0.29) is 17.1 Å². The van der Waals surface area contributed by atoms with Crippen LogP contribution in [-0.4, -0.2) is 54.8 Å². The zero-order valence-corrected chi connectivity index (χ0v) is 30.0. The summed E-state index contributed by atoms with van der Waals surface area (Å²) in [5, 5.41) is 4.75. The van der Waals surface area contributed by atoms with Gasteiger partial charge in [-0.1, -0.05) is 118 Å². The van der Waals surface area contributed by atoms with Crippen molar-refractivity contribution in [1.82, 2.24) is 14.7 Å². The number of allylic oxidation sites excluding steroid dienone is 1. The largest absolute Gasteiger partial charge is 0.466 e. The molecule has 1 aliphatic rings. The molecule has 1 aromatic heterocycles. The molecule has 0 aliphatic carbocycles. The lowest BCUT2D eigenvalue weighted by atomic mass is 9.74. The minimum atomic E-state index is -2.05. The molecule has 1 fully saturated rings. The Hall–Kier alpha value is -3.78. The predicted octanol–water partition coefficient (Wildman–Crippen LogP) is 8.39. The molecule has 1 saturated heterocycles. The molecule has 2 heterocycles. The lowest BCUT2D eigenvalue weighted by molar-refractivity contribution is -0.143. The van der Waals surface area contributed by atoms with Crippen molar-refractivity contribution in [2.45, 2.75) is 83.3 Å². The van der Waals surface area contributed by atoms with Crippen molar-refractivity contribution in [2.75, 3.05) is 19.7 Å². The fraction of sp³-hybridized carbons (Fsp3) is 0.400. The number of likely N-dealkylation sites (tertiary alicyclic amines) is 1.